The van der Waals surface area contributed by atoms with Gasteiger partial charge in [-0.25, -0.2) is 0 Å². The van der Waals surface area contributed by atoms with Gasteiger partial charge in [-0.2, -0.15) is 0 Å². The van der Waals surface area contributed by atoms with Crippen molar-refractivity contribution >= 4 is 35.4 Å². The van der Waals surface area contributed by atoms with Crippen LogP contribution in [0.2, 0.25) is 0 Å². The molecule has 0 fully saturated rings. The van der Waals surface area contributed by atoms with Gasteiger partial charge in [-0.15, -0.1) is 0 Å². The number of esters is 1. The third-order valence-corrected chi connectivity index (χ3v) is 4.09. The van der Waals surface area contributed by atoms with Gasteiger partial charge in [-0.3, -0.25) is 14.4 Å². The van der Waals surface area contributed by atoms with E-state index in [1.54, 1.807) is 30.3 Å². The number of aromatic nitrogens is 2. The maximum atomic E-state index is 12.4. The Labute approximate surface area is 164 Å². The first kappa shape index (κ1) is 19.2. The van der Waals surface area contributed by atoms with E-state index in [2.05, 4.69) is 9.97 Å². The van der Waals surface area contributed by atoms with E-state index in [-0.39, 0.29) is 15.7 Å². The average molecular weight is 392 g/mol. The molecule has 6 nitrogen and oxygen atoms in total. The number of carbonyl (C=O) groups excluding carboxylic acids is 1. The molecule has 1 heterocycles. The second-order valence-corrected chi connectivity index (χ2v) is 6.31. The van der Waals surface area contributed by atoms with Crippen LogP contribution in [0.5, 0.6) is 0 Å². The Balaban J connectivity index is 2.02. The second-order valence-electron chi connectivity index (χ2n) is 5.94. The molecular weight excluding hydrogens is 376 g/mol. The zero-order chi connectivity index (χ0) is 20.1. The maximum Gasteiger partial charge on any atom is 0.308 e. The highest BCUT2D eigenvalue weighted by Gasteiger charge is 2.05. The first-order valence-electron chi connectivity index (χ1n) is 8.36. The molecule has 0 amide bonds. The minimum Gasteiger partial charge on any atom is -0.414 e. The molecule has 7 heteroatoms. The second kappa shape index (κ2) is 8.41. The highest BCUT2D eigenvalue weighted by molar-refractivity contribution is 7.80. The maximum absolute atomic E-state index is 12.4. The van der Waals surface area contributed by atoms with Gasteiger partial charge in [0.15, 0.2) is 0 Å². The van der Waals surface area contributed by atoms with Crippen LogP contribution in [-0.2, 0) is 9.53 Å². The van der Waals surface area contributed by atoms with E-state index < -0.39 is 17.1 Å². The number of benzene rings is 2. The van der Waals surface area contributed by atoms with Gasteiger partial charge in [-0.05, 0) is 41.6 Å². The normalized spacial score (nSPS) is 12.0. The summed E-state index contributed by atoms with van der Waals surface area (Å²) in [7, 11) is 0. The summed E-state index contributed by atoms with van der Waals surface area (Å²) in [4.78, 5) is 40.9. The smallest absolute Gasteiger partial charge is 0.308 e. The molecule has 1 aromatic heterocycles. The van der Waals surface area contributed by atoms with Crippen molar-refractivity contribution < 1.29 is 9.53 Å². The summed E-state index contributed by atoms with van der Waals surface area (Å²) >= 11 is 5.06. The van der Waals surface area contributed by atoms with Gasteiger partial charge >= 0.3 is 5.97 Å². The highest BCUT2D eigenvalue weighted by Crippen LogP contribution is 2.08. The fourth-order valence-electron chi connectivity index (χ4n) is 2.52. The Morgan fingerprint density at radius 1 is 0.893 bits per heavy atom. The first-order valence-corrected chi connectivity index (χ1v) is 8.77. The van der Waals surface area contributed by atoms with E-state index in [9.17, 15) is 14.4 Å². The molecule has 28 heavy (non-hydrogen) atoms. The number of hydrogen-bond donors (Lipinski definition) is 2. The van der Waals surface area contributed by atoms with E-state index in [1.807, 2.05) is 30.3 Å². The van der Waals surface area contributed by atoms with Crippen LogP contribution in [0, 0.1) is 0 Å². The lowest BCUT2D eigenvalue weighted by Gasteiger charge is -2.04. The van der Waals surface area contributed by atoms with Gasteiger partial charge in [0.2, 0.25) is 5.05 Å². The van der Waals surface area contributed by atoms with Gasteiger partial charge in [0.05, 0.1) is 0 Å². The quantitative estimate of drug-likeness (QED) is 0.512. The summed E-state index contributed by atoms with van der Waals surface area (Å²) in [5.74, 6) is -0.509. The molecule has 0 atom stereocenters. The van der Waals surface area contributed by atoms with E-state index in [4.69, 9.17) is 17.0 Å². The molecule has 0 saturated heterocycles. The highest BCUT2D eigenvalue weighted by atomic mass is 32.1. The monoisotopic (exact) mass is 392 g/mol. The molecule has 3 aromatic rings. The zero-order valence-corrected chi connectivity index (χ0v) is 15.7. The van der Waals surface area contributed by atoms with Crippen molar-refractivity contribution in [2.24, 2.45) is 0 Å². The molecule has 0 aliphatic carbocycles. The molecule has 0 saturated carbocycles. The summed E-state index contributed by atoms with van der Waals surface area (Å²) in [6.07, 6.45) is 3.12. The minimum atomic E-state index is -0.509. The molecule has 0 aliphatic heterocycles. The van der Waals surface area contributed by atoms with Crippen LogP contribution in [0.1, 0.15) is 23.6 Å². The van der Waals surface area contributed by atoms with Gasteiger partial charge in [-0.1, -0.05) is 48.5 Å². The lowest BCUT2D eigenvalue weighted by atomic mass is 10.1. The SMILES string of the molecule is CC(=O)OC(=S)c1cccc(C=c2[nH]c(=O)c(=Cc3ccccc3)[nH]c2=O)c1. The van der Waals surface area contributed by atoms with Crippen LogP contribution in [0.4, 0.5) is 0 Å². The number of thiocarbonyl (C=S) groups is 1. The zero-order valence-electron chi connectivity index (χ0n) is 14.9. The van der Waals surface area contributed by atoms with E-state index in [1.165, 1.54) is 13.0 Å². The molecule has 0 radical (unpaired) electrons. The topological polar surface area (TPSA) is 92.0 Å². The van der Waals surface area contributed by atoms with Crippen molar-refractivity contribution in [3.8, 4) is 0 Å². The van der Waals surface area contributed by atoms with Crippen LogP contribution in [0.15, 0.2) is 64.2 Å². The van der Waals surface area contributed by atoms with Crippen molar-refractivity contribution in [1.82, 2.24) is 9.97 Å². The molecule has 140 valence electrons. The number of H-pyrrole nitrogens is 2. The standard InChI is InChI=1S/C21H16N2O4S/c1-13(24)27-21(28)16-9-5-8-15(10-16)12-18-20(26)22-17(19(25)23-18)11-14-6-3-2-4-7-14/h2-12H,1H3,(H,22,26)(H,23,25). The molecule has 0 bridgehead atoms. The Kier molecular flexibility index (Phi) is 5.76. The molecular formula is C21H16N2O4S. The Hall–Kier alpha value is -3.58. The van der Waals surface area contributed by atoms with Crippen LogP contribution >= 0.6 is 12.2 Å². The lowest BCUT2D eigenvalue weighted by molar-refractivity contribution is -0.132. The molecule has 0 unspecified atom stereocenters. The van der Waals surface area contributed by atoms with Gasteiger partial charge < -0.3 is 14.7 Å². The third kappa shape index (κ3) is 4.77. The van der Waals surface area contributed by atoms with E-state index in [0.717, 1.165) is 5.56 Å². The van der Waals surface area contributed by atoms with Crippen molar-refractivity contribution in [1.29, 1.82) is 0 Å². The predicted octanol–water partition coefficient (Wildman–Crippen LogP) is 0.959. The largest absolute Gasteiger partial charge is 0.414 e. The molecule has 2 aromatic carbocycles. The van der Waals surface area contributed by atoms with E-state index in [0.29, 0.717) is 11.1 Å². The summed E-state index contributed by atoms with van der Waals surface area (Å²) < 4.78 is 4.91. The van der Waals surface area contributed by atoms with E-state index >= 15 is 0 Å². The van der Waals surface area contributed by atoms with Crippen LogP contribution in [-0.4, -0.2) is 21.0 Å². The molecule has 2 N–H and O–H groups in total. The van der Waals surface area contributed by atoms with Gasteiger partial charge in [0.1, 0.15) is 10.7 Å². The van der Waals surface area contributed by atoms with Gasteiger partial charge in [0.25, 0.3) is 11.1 Å². The number of aromatic amines is 2. The Morgan fingerprint density at radius 3 is 2.07 bits per heavy atom. The van der Waals surface area contributed by atoms with Crippen molar-refractivity contribution in [2.75, 3.05) is 0 Å². The predicted molar refractivity (Wildman–Crippen MR) is 110 cm³/mol. The van der Waals surface area contributed by atoms with Crippen molar-refractivity contribution in [2.45, 2.75) is 6.92 Å². The fourth-order valence-corrected chi connectivity index (χ4v) is 2.77. The third-order valence-electron chi connectivity index (χ3n) is 3.77. The summed E-state index contributed by atoms with van der Waals surface area (Å²) in [5, 5.41) is 0.307. The summed E-state index contributed by atoms with van der Waals surface area (Å²) in [5.41, 5.74) is 1.09. The first-order chi connectivity index (χ1) is 13.4. The Morgan fingerprint density at radius 2 is 1.46 bits per heavy atom. The average Bonchev–Trinajstić information content (AvgIpc) is 2.66. The summed E-state index contributed by atoms with van der Waals surface area (Å²) in [6, 6.07) is 16.0. The number of rotatable bonds is 3. The van der Waals surface area contributed by atoms with Gasteiger partial charge in [0, 0.05) is 12.5 Å². The van der Waals surface area contributed by atoms with Crippen LogP contribution in [0.3, 0.4) is 0 Å². The summed E-state index contributed by atoms with van der Waals surface area (Å²) in [6.45, 7) is 1.26. The molecule has 3 rings (SSSR count). The number of carbonyl (C=O) groups is 1. The lowest BCUT2D eigenvalue weighted by Crippen LogP contribution is -2.46. The fraction of sp³-hybridized carbons (Fsp3) is 0.0476. The minimum absolute atomic E-state index is 0.0398. The molecule has 0 aliphatic rings. The number of ether oxygens (including phenoxy) is 1. The van der Waals surface area contributed by atoms with Crippen LogP contribution in [0.25, 0.3) is 12.2 Å². The number of hydrogen-bond acceptors (Lipinski definition) is 5. The van der Waals surface area contributed by atoms with Crippen molar-refractivity contribution in [3.05, 3.63) is 103 Å². The number of nitrogens with one attached hydrogen (secondary N) is 2. The van der Waals surface area contributed by atoms with Crippen molar-refractivity contribution in [3.63, 3.8) is 0 Å². The Bertz CT molecular complexity index is 1270. The van der Waals surface area contributed by atoms with Crippen LogP contribution < -0.4 is 21.8 Å². The molecule has 0 spiro atoms.